The van der Waals surface area contributed by atoms with E-state index in [1.807, 2.05) is 0 Å². The quantitative estimate of drug-likeness (QED) is 0.645. The molecule has 0 amide bonds. The Morgan fingerprint density at radius 3 is 1.39 bits per heavy atom. The molecule has 0 aliphatic carbocycles. The normalized spacial score (nSPS) is 16.2. The lowest BCUT2D eigenvalue weighted by molar-refractivity contribution is 0.402. The molecule has 0 saturated carbocycles. The summed E-state index contributed by atoms with van der Waals surface area (Å²) in [5, 5.41) is 3.32. The Hall–Kier alpha value is -0.0400. The summed E-state index contributed by atoms with van der Waals surface area (Å²) in [7, 11) is 0. The molecule has 0 spiro atoms. The topological polar surface area (TPSA) is 12.0 Å². The Labute approximate surface area is 117 Å². The van der Waals surface area contributed by atoms with Gasteiger partial charge in [0, 0.05) is 0 Å². The molecule has 0 aromatic heterocycles. The molecule has 1 saturated heterocycles. The van der Waals surface area contributed by atoms with Crippen LogP contribution in [0.3, 0.4) is 0 Å². The summed E-state index contributed by atoms with van der Waals surface area (Å²) in [6.45, 7) is 18.0. The van der Waals surface area contributed by atoms with Crippen LogP contribution in [0.15, 0.2) is 0 Å². The molecule has 0 unspecified atom stereocenters. The van der Waals surface area contributed by atoms with Crippen molar-refractivity contribution in [3.8, 4) is 0 Å². The third kappa shape index (κ3) is 29.7. The third-order valence-electron chi connectivity index (χ3n) is 2.58. The average Bonchev–Trinajstić information content (AvgIpc) is 2.26. The summed E-state index contributed by atoms with van der Waals surface area (Å²) in [6.07, 6.45) is 8.29. The van der Waals surface area contributed by atoms with Crippen molar-refractivity contribution in [2.24, 2.45) is 11.3 Å². The maximum Gasteiger partial charge on any atom is -0.00464 e. The van der Waals surface area contributed by atoms with Crippen LogP contribution in [0.5, 0.6) is 0 Å². The zero-order valence-electron chi connectivity index (χ0n) is 14.2. The van der Waals surface area contributed by atoms with Crippen LogP contribution < -0.4 is 5.32 Å². The average molecular weight is 258 g/mol. The fraction of sp³-hybridized carbons (Fsp3) is 1.00. The fourth-order valence-electron chi connectivity index (χ4n) is 1.47. The predicted molar refractivity (Wildman–Crippen MR) is 86.2 cm³/mol. The van der Waals surface area contributed by atoms with Gasteiger partial charge in [-0.3, -0.25) is 0 Å². The highest BCUT2D eigenvalue weighted by molar-refractivity contribution is 4.62. The largest absolute Gasteiger partial charge is 0.317 e. The van der Waals surface area contributed by atoms with Crippen LogP contribution in [0.2, 0.25) is 0 Å². The van der Waals surface area contributed by atoms with Gasteiger partial charge in [-0.1, -0.05) is 74.1 Å². The first-order valence-electron chi connectivity index (χ1n) is 8.02. The summed E-state index contributed by atoms with van der Waals surface area (Å²) in [4.78, 5) is 0. The Morgan fingerprint density at radius 2 is 1.22 bits per heavy atom. The van der Waals surface area contributed by atoms with Gasteiger partial charge in [0.15, 0.2) is 0 Å². The highest BCUT2D eigenvalue weighted by atomic mass is 14.9. The lowest BCUT2D eigenvalue weighted by Crippen LogP contribution is -2.26. The second kappa shape index (κ2) is 13.4. The smallest absolute Gasteiger partial charge is 0.00464 e. The molecule has 0 aromatic carbocycles. The van der Waals surface area contributed by atoms with E-state index >= 15 is 0 Å². The van der Waals surface area contributed by atoms with E-state index in [9.17, 15) is 0 Å². The molecule has 0 bridgehead atoms. The van der Waals surface area contributed by atoms with Gasteiger partial charge in [0.05, 0.1) is 0 Å². The van der Waals surface area contributed by atoms with Gasteiger partial charge in [-0.15, -0.1) is 0 Å². The lowest BCUT2D eigenvalue weighted by atomic mass is 10.0. The first-order valence-corrected chi connectivity index (χ1v) is 8.02. The number of rotatable bonds is 3. The van der Waals surface area contributed by atoms with Gasteiger partial charge < -0.3 is 5.32 Å². The summed E-state index contributed by atoms with van der Waals surface area (Å²) in [5.74, 6) is 0.973. The van der Waals surface area contributed by atoms with Crippen molar-refractivity contribution in [2.45, 2.75) is 87.0 Å². The Bertz CT molecular complexity index is 130. The van der Waals surface area contributed by atoms with E-state index in [0.717, 1.165) is 5.92 Å². The number of hydrogen-bond donors (Lipinski definition) is 1. The summed E-state index contributed by atoms with van der Waals surface area (Å²) < 4.78 is 0. The van der Waals surface area contributed by atoms with Crippen molar-refractivity contribution in [3.05, 3.63) is 0 Å². The van der Waals surface area contributed by atoms with Crippen molar-refractivity contribution in [2.75, 3.05) is 13.1 Å². The van der Waals surface area contributed by atoms with Crippen LogP contribution >= 0.6 is 0 Å². The summed E-state index contributed by atoms with van der Waals surface area (Å²) in [5.41, 5.74) is 0.500. The van der Waals surface area contributed by atoms with Gasteiger partial charge in [0.1, 0.15) is 0 Å². The minimum absolute atomic E-state index is 0.500. The molecule has 1 aliphatic rings. The predicted octanol–water partition coefficient (Wildman–Crippen LogP) is 5.64. The van der Waals surface area contributed by atoms with Crippen molar-refractivity contribution >= 4 is 0 Å². The van der Waals surface area contributed by atoms with Crippen LogP contribution in [0.1, 0.15) is 87.0 Å². The van der Waals surface area contributed by atoms with E-state index < -0.39 is 0 Å². The molecule has 112 valence electrons. The summed E-state index contributed by atoms with van der Waals surface area (Å²) in [6, 6.07) is 0. The van der Waals surface area contributed by atoms with Crippen molar-refractivity contribution in [1.82, 2.24) is 5.32 Å². The van der Waals surface area contributed by atoms with Gasteiger partial charge >= 0.3 is 0 Å². The monoisotopic (exact) mass is 257 g/mol. The molecule has 1 fully saturated rings. The second-order valence-corrected chi connectivity index (χ2v) is 7.14. The van der Waals surface area contributed by atoms with Gasteiger partial charge in [0.25, 0.3) is 0 Å². The fourth-order valence-corrected chi connectivity index (χ4v) is 1.47. The van der Waals surface area contributed by atoms with E-state index in [1.54, 1.807) is 0 Å². The van der Waals surface area contributed by atoms with E-state index in [4.69, 9.17) is 0 Å². The first kappa shape index (κ1) is 20.3. The SMILES string of the molecule is CC(C)(C)C.CC1CCNCC1.CCCCCC. The third-order valence-corrected chi connectivity index (χ3v) is 2.58. The molecular formula is C17H39N. The van der Waals surface area contributed by atoms with Crippen LogP contribution in [-0.2, 0) is 0 Å². The molecule has 1 heterocycles. The van der Waals surface area contributed by atoms with Gasteiger partial charge in [-0.05, 0) is 37.3 Å². The minimum Gasteiger partial charge on any atom is -0.317 e. The van der Waals surface area contributed by atoms with E-state index in [1.165, 1.54) is 51.6 Å². The zero-order chi connectivity index (χ0) is 14.4. The minimum atomic E-state index is 0.500. The van der Waals surface area contributed by atoms with Crippen LogP contribution in [0, 0.1) is 11.3 Å². The number of hydrogen-bond acceptors (Lipinski definition) is 1. The molecule has 0 aromatic rings. The standard InChI is InChI=1S/C6H13N.C6H14.C5H12/c1-6-2-4-7-5-3-6;1-3-5-6-4-2;1-5(2,3)4/h6-7H,2-5H2,1H3;3-6H2,1-2H3;1-4H3. The van der Waals surface area contributed by atoms with Gasteiger partial charge in [-0.2, -0.15) is 0 Å². The van der Waals surface area contributed by atoms with Crippen LogP contribution in [0.4, 0.5) is 0 Å². The second-order valence-electron chi connectivity index (χ2n) is 7.14. The molecule has 0 radical (unpaired) electrons. The van der Waals surface area contributed by atoms with E-state index in [-0.39, 0.29) is 0 Å². The lowest BCUT2D eigenvalue weighted by Gasteiger charge is -2.17. The highest BCUT2D eigenvalue weighted by Crippen LogP contribution is 2.08. The first-order chi connectivity index (χ1) is 8.31. The van der Waals surface area contributed by atoms with E-state index in [2.05, 4.69) is 53.8 Å². The molecule has 0 atom stereocenters. The van der Waals surface area contributed by atoms with Crippen molar-refractivity contribution < 1.29 is 0 Å². The van der Waals surface area contributed by atoms with Gasteiger partial charge in [0.2, 0.25) is 0 Å². The van der Waals surface area contributed by atoms with Crippen molar-refractivity contribution in [3.63, 3.8) is 0 Å². The Balaban J connectivity index is 0. The molecular weight excluding hydrogens is 218 g/mol. The molecule has 1 heteroatoms. The molecule has 1 nitrogen and oxygen atoms in total. The molecule has 1 rings (SSSR count). The Morgan fingerprint density at radius 1 is 0.889 bits per heavy atom. The maximum absolute atomic E-state index is 3.32. The number of unbranched alkanes of at least 4 members (excludes halogenated alkanes) is 3. The zero-order valence-corrected chi connectivity index (χ0v) is 14.2. The molecule has 1 N–H and O–H groups in total. The Kier molecular flexibility index (Phi) is 15.1. The maximum atomic E-state index is 3.32. The number of nitrogens with one attached hydrogen (secondary N) is 1. The molecule has 1 aliphatic heterocycles. The van der Waals surface area contributed by atoms with Crippen LogP contribution in [-0.4, -0.2) is 13.1 Å². The van der Waals surface area contributed by atoms with E-state index in [0.29, 0.717) is 5.41 Å². The molecule has 18 heavy (non-hydrogen) atoms. The van der Waals surface area contributed by atoms with Gasteiger partial charge in [-0.25, -0.2) is 0 Å². The van der Waals surface area contributed by atoms with Crippen LogP contribution in [0.25, 0.3) is 0 Å². The van der Waals surface area contributed by atoms with Crippen molar-refractivity contribution in [1.29, 1.82) is 0 Å². The summed E-state index contributed by atoms with van der Waals surface area (Å²) >= 11 is 0. The number of piperidine rings is 1. The highest BCUT2D eigenvalue weighted by Gasteiger charge is 2.05.